The molecule has 3 rings (SSSR count). The topological polar surface area (TPSA) is 44.9 Å². The molecule has 1 aromatic heterocycles. The van der Waals surface area contributed by atoms with Gasteiger partial charge in [-0.15, -0.1) is 0 Å². The molecule has 0 unspecified atom stereocenters. The molecule has 2 heterocycles. The van der Waals surface area contributed by atoms with Gasteiger partial charge in [0, 0.05) is 29.4 Å². The van der Waals surface area contributed by atoms with Crippen molar-refractivity contribution in [3.63, 3.8) is 0 Å². The van der Waals surface area contributed by atoms with E-state index in [9.17, 15) is 4.79 Å². The van der Waals surface area contributed by atoms with Crippen LogP contribution in [0.3, 0.4) is 0 Å². The number of Topliss-reactive ketones (excluding diaryl/α,β-unsaturated/α-hetero) is 1. The predicted octanol–water partition coefficient (Wildman–Crippen LogP) is 2.67. The van der Waals surface area contributed by atoms with E-state index in [-0.39, 0.29) is 5.92 Å². The van der Waals surface area contributed by atoms with Crippen molar-refractivity contribution in [3.05, 3.63) is 36.0 Å². The minimum absolute atomic E-state index is 0.284. The minimum atomic E-state index is 0.284. The largest absolute Gasteiger partial charge is 0.361 e. The third-order valence-electron chi connectivity index (χ3n) is 4.11. The van der Waals surface area contributed by atoms with E-state index in [1.54, 1.807) is 0 Å². The number of benzene rings is 1. The fourth-order valence-corrected chi connectivity index (χ4v) is 2.94. The number of fused-ring (bicyclic) bond motifs is 1. The maximum atomic E-state index is 12.2. The monoisotopic (exact) mass is 256 g/mol. The molecule has 1 aliphatic rings. The van der Waals surface area contributed by atoms with E-state index in [0.29, 0.717) is 12.2 Å². The molecule has 2 aromatic rings. The van der Waals surface area contributed by atoms with Crippen LogP contribution in [0.15, 0.2) is 30.5 Å². The second-order valence-electron chi connectivity index (χ2n) is 5.35. The van der Waals surface area contributed by atoms with Gasteiger partial charge in [0.25, 0.3) is 0 Å². The van der Waals surface area contributed by atoms with Crippen LogP contribution in [0.4, 0.5) is 0 Å². The summed E-state index contributed by atoms with van der Waals surface area (Å²) in [6.07, 6.45) is 5.58. The zero-order valence-corrected chi connectivity index (χ0v) is 11.1. The number of ketones is 1. The Kier molecular flexibility index (Phi) is 3.65. The summed E-state index contributed by atoms with van der Waals surface area (Å²) in [6, 6.07) is 8.28. The summed E-state index contributed by atoms with van der Waals surface area (Å²) in [6.45, 7) is 1.98. The Balaban J connectivity index is 1.64. The third kappa shape index (κ3) is 2.71. The molecule has 1 aliphatic heterocycles. The van der Waals surface area contributed by atoms with Crippen LogP contribution in [-0.2, 0) is 11.2 Å². The SMILES string of the molecule is O=C(CCc1c[nH]c2ccccc12)C1CCNCC1. The number of nitrogens with one attached hydrogen (secondary N) is 2. The van der Waals surface area contributed by atoms with Crippen molar-refractivity contribution >= 4 is 16.7 Å². The highest BCUT2D eigenvalue weighted by molar-refractivity contribution is 5.85. The van der Waals surface area contributed by atoms with Crippen molar-refractivity contribution < 1.29 is 4.79 Å². The lowest BCUT2D eigenvalue weighted by molar-refractivity contribution is -0.123. The zero-order chi connectivity index (χ0) is 13.1. The molecule has 1 saturated heterocycles. The summed E-state index contributed by atoms with van der Waals surface area (Å²) in [7, 11) is 0. The molecule has 0 atom stereocenters. The maximum Gasteiger partial charge on any atom is 0.136 e. The number of hydrogen-bond donors (Lipinski definition) is 2. The molecule has 0 spiro atoms. The summed E-state index contributed by atoms with van der Waals surface area (Å²) < 4.78 is 0. The van der Waals surface area contributed by atoms with Crippen LogP contribution in [0, 0.1) is 5.92 Å². The van der Waals surface area contributed by atoms with Gasteiger partial charge in [-0.3, -0.25) is 4.79 Å². The van der Waals surface area contributed by atoms with Gasteiger partial charge in [0.2, 0.25) is 0 Å². The third-order valence-corrected chi connectivity index (χ3v) is 4.11. The van der Waals surface area contributed by atoms with E-state index in [0.717, 1.165) is 37.9 Å². The molecule has 3 heteroatoms. The maximum absolute atomic E-state index is 12.2. The van der Waals surface area contributed by atoms with Crippen LogP contribution in [0.5, 0.6) is 0 Å². The van der Waals surface area contributed by atoms with Crippen molar-refractivity contribution in [2.75, 3.05) is 13.1 Å². The highest BCUT2D eigenvalue weighted by Crippen LogP contribution is 2.21. The number of aromatic nitrogens is 1. The highest BCUT2D eigenvalue weighted by Gasteiger charge is 2.20. The predicted molar refractivity (Wildman–Crippen MR) is 77.2 cm³/mol. The van der Waals surface area contributed by atoms with Crippen molar-refractivity contribution in [1.82, 2.24) is 10.3 Å². The van der Waals surface area contributed by atoms with E-state index >= 15 is 0 Å². The number of piperidine rings is 1. The molecule has 0 amide bonds. The number of H-pyrrole nitrogens is 1. The molecular formula is C16H20N2O. The fourth-order valence-electron chi connectivity index (χ4n) is 2.94. The van der Waals surface area contributed by atoms with Gasteiger partial charge in [0.15, 0.2) is 0 Å². The number of hydrogen-bond acceptors (Lipinski definition) is 2. The molecule has 0 radical (unpaired) electrons. The van der Waals surface area contributed by atoms with Gasteiger partial charge >= 0.3 is 0 Å². The Bertz CT molecular complexity index is 567. The van der Waals surface area contributed by atoms with Crippen LogP contribution >= 0.6 is 0 Å². The molecule has 1 aromatic carbocycles. The van der Waals surface area contributed by atoms with Gasteiger partial charge < -0.3 is 10.3 Å². The summed E-state index contributed by atoms with van der Waals surface area (Å²) in [5.41, 5.74) is 2.42. The standard InChI is InChI=1S/C16H20N2O/c19-16(12-7-9-17-10-8-12)6-5-13-11-18-15-4-2-1-3-14(13)15/h1-4,11-12,17-18H,5-10H2. The van der Waals surface area contributed by atoms with Crippen LogP contribution in [0.2, 0.25) is 0 Å². The molecule has 2 N–H and O–H groups in total. The number of aromatic amines is 1. The first kappa shape index (κ1) is 12.4. The Hall–Kier alpha value is -1.61. The van der Waals surface area contributed by atoms with Crippen molar-refractivity contribution in [3.8, 4) is 0 Å². The molecule has 0 aliphatic carbocycles. The first-order valence-electron chi connectivity index (χ1n) is 7.13. The second kappa shape index (κ2) is 5.57. The van der Waals surface area contributed by atoms with Crippen molar-refractivity contribution in [1.29, 1.82) is 0 Å². The smallest absolute Gasteiger partial charge is 0.136 e. The van der Waals surface area contributed by atoms with Crippen molar-refractivity contribution in [2.24, 2.45) is 5.92 Å². The first-order valence-corrected chi connectivity index (χ1v) is 7.13. The number of aryl methyl sites for hydroxylation is 1. The van der Waals surface area contributed by atoms with E-state index in [1.807, 2.05) is 18.3 Å². The molecule has 0 bridgehead atoms. The van der Waals surface area contributed by atoms with Crippen LogP contribution in [-0.4, -0.2) is 23.9 Å². The van der Waals surface area contributed by atoms with Crippen LogP contribution in [0.1, 0.15) is 24.8 Å². The first-order chi connectivity index (χ1) is 9.34. The lowest BCUT2D eigenvalue weighted by Gasteiger charge is -2.21. The van der Waals surface area contributed by atoms with E-state index < -0.39 is 0 Å². The summed E-state index contributed by atoms with van der Waals surface area (Å²) >= 11 is 0. The van der Waals surface area contributed by atoms with Crippen molar-refractivity contribution in [2.45, 2.75) is 25.7 Å². The molecule has 3 nitrogen and oxygen atoms in total. The Morgan fingerprint density at radius 3 is 2.84 bits per heavy atom. The van der Waals surface area contributed by atoms with E-state index in [1.165, 1.54) is 10.9 Å². The highest BCUT2D eigenvalue weighted by atomic mass is 16.1. The Morgan fingerprint density at radius 2 is 2.00 bits per heavy atom. The fraction of sp³-hybridized carbons (Fsp3) is 0.438. The Morgan fingerprint density at radius 1 is 1.21 bits per heavy atom. The lowest BCUT2D eigenvalue weighted by atomic mass is 9.90. The average Bonchev–Trinajstić information content (AvgIpc) is 2.89. The lowest BCUT2D eigenvalue weighted by Crippen LogP contribution is -2.31. The summed E-state index contributed by atoms with van der Waals surface area (Å²) in [4.78, 5) is 15.5. The zero-order valence-electron chi connectivity index (χ0n) is 11.1. The van der Waals surface area contributed by atoms with E-state index in [2.05, 4.69) is 22.4 Å². The van der Waals surface area contributed by atoms with Gasteiger partial charge in [-0.05, 0) is 44.0 Å². The quantitative estimate of drug-likeness (QED) is 0.883. The number of para-hydroxylation sites is 1. The Labute approximate surface area is 113 Å². The van der Waals surface area contributed by atoms with Gasteiger partial charge in [-0.1, -0.05) is 18.2 Å². The molecule has 100 valence electrons. The minimum Gasteiger partial charge on any atom is -0.361 e. The summed E-state index contributed by atoms with van der Waals surface area (Å²) in [5, 5.41) is 4.56. The normalized spacial score (nSPS) is 16.8. The second-order valence-corrected chi connectivity index (χ2v) is 5.35. The van der Waals surface area contributed by atoms with Gasteiger partial charge in [0.1, 0.15) is 5.78 Å². The number of rotatable bonds is 4. The average molecular weight is 256 g/mol. The molecular weight excluding hydrogens is 236 g/mol. The van der Waals surface area contributed by atoms with Crippen LogP contribution < -0.4 is 5.32 Å². The number of carbonyl (C=O) groups excluding carboxylic acids is 1. The molecule has 1 fully saturated rings. The summed E-state index contributed by atoms with van der Waals surface area (Å²) in [5.74, 6) is 0.721. The molecule has 0 saturated carbocycles. The van der Waals surface area contributed by atoms with Gasteiger partial charge in [-0.25, -0.2) is 0 Å². The van der Waals surface area contributed by atoms with Crippen LogP contribution in [0.25, 0.3) is 10.9 Å². The van der Waals surface area contributed by atoms with Gasteiger partial charge in [-0.2, -0.15) is 0 Å². The molecule has 19 heavy (non-hydrogen) atoms. The van der Waals surface area contributed by atoms with E-state index in [4.69, 9.17) is 0 Å². The number of carbonyl (C=O) groups is 1. The van der Waals surface area contributed by atoms with Gasteiger partial charge in [0.05, 0.1) is 0 Å².